The van der Waals surface area contributed by atoms with Crippen molar-refractivity contribution in [2.45, 2.75) is 49.3 Å². The Balaban J connectivity index is 0.00000363. The number of carbonyl (C=O) groups excluding carboxylic acids is 1. The summed E-state index contributed by atoms with van der Waals surface area (Å²) in [5, 5.41) is 19.3. The Hall–Kier alpha value is -2.24. The molecule has 1 aromatic heterocycles. The van der Waals surface area contributed by atoms with Crippen LogP contribution in [-0.4, -0.2) is 53.2 Å². The van der Waals surface area contributed by atoms with Gasteiger partial charge in [-0.2, -0.15) is 4.31 Å². The lowest BCUT2D eigenvalue weighted by Gasteiger charge is -2.37. The van der Waals surface area contributed by atoms with Crippen LogP contribution in [0.2, 0.25) is 0 Å². The van der Waals surface area contributed by atoms with Crippen LogP contribution in [0.5, 0.6) is 5.75 Å². The molecule has 3 N–H and O–H groups in total. The SMILES string of the molecule is COc1ccc(S(=O)(=O)N(Cc2ccncc2)[C@@H](C(=O)NO)C2CCC(O)CC2)cc1.Cl. The number of nitrogens with zero attached hydrogens (tertiary/aromatic N) is 2. The van der Waals surface area contributed by atoms with E-state index in [1.807, 2.05) is 0 Å². The van der Waals surface area contributed by atoms with Gasteiger partial charge in [-0.3, -0.25) is 15.0 Å². The molecule has 1 fully saturated rings. The van der Waals surface area contributed by atoms with E-state index in [0.29, 0.717) is 37.0 Å². The largest absolute Gasteiger partial charge is 0.497 e. The first-order chi connectivity index (χ1) is 14.9. The smallest absolute Gasteiger partial charge is 0.262 e. The number of rotatable bonds is 8. The molecule has 11 heteroatoms. The fourth-order valence-corrected chi connectivity index (χ4v) is 5.58. The third kappa shape index (κ3) is 5.96. The number of hydroxylamine groups is 1. The highest BCUT2D eigenvalue weighted by Gasteiger charge is 2.42. The number of aromatic nitrogens is 1. The van der Waals surface area contributed by atoms with Crippen molar-refractivity contribution in [2.24, 2.45) is 5.92 Å². The third-order valence-corrected chi connectivity index (χ3v) is 7.47. The van der Waals surface area contributed by atoms with Crippen molar-refractivity contribution in [2.75, 3.05) is 7.11 Å². The van der Waals surface area contributed by atoms with Gasteiger partial charge in [0, 0.05) is 18.9 Å². The van der Waals surface area contributed by atoms with Crippen molar-refractivity contribution < 1.29 is 28.3 Å². The molecule has 0 bridgehead atoms. The minimum atomic E-state index is -4.12. The summed E-state index contributed by atoms with van der Waals surface area (Å²) in [6.07, 6.45) is 4.48. The van der Waals surface area contributed by atoms with Gasteiger partial charge in [0.1, 0.15) is 11.8 Å². The molecule has 9 nitrogen and oxygen atoms in total. The van der Waals surface area contributed by atoms with Crippen molar-refractivity contribution in [1.29, 1.82) is 0 Å². The molecular weight excluding hydrogens is 458 g/mol. The summed E-state index contributed by atoms with van der Waals surface area (Å²) in [5.41, 5.74) is 2.29. The highest BCUT2D eigenvalue weighted by Crippen LogP contribution is 2.33. The molecule has 1 amide bonds. The Morgan fingerprint density at radius 2 is 1.75 bits per heavy atom. The zero-order valence-corrected chi connectivity index (χ0v) is 19.3. The molecule has 1 saturated carbocycles. The summed E-state index contributed by atoms with van der Waals surface area (Å²) in [6.45, 7) is -0.0754. The van der Waals surface area contributed by atoms with Crippen molar-refractivity contribution in [1.82, 2.24) is 14.8 Å². The molecule has 1 aromatic carbocycles. The first-order valence-electron chi connectivity index (χ1n) is 10.0. The zero-order valence-electron chi connectivity index (χ0n) is 17.6. The van der Waals surface area contributed by atoms with E-state index < -0.39 is 28.1 Å². The van der Waals surface area contributed by atoms with E-state index in [9.17, 15) is 23.5 Å². The summed E-state index contributed by atoms with van der Waals surface area (Å²) in [4.78, 5) is 16.7. The second-order valence-corrected chi connectivity index (χ2v) is 9.46. The van der Waals surface area contributed by atoms with E-state index in [4.69, 9.17) is 4.74 Å². The van der Waals surface area contributed by atoms with Gasteiger partial charge in [0.25, 0.3) is 5.91 Å². The van der Waals surface area contributed by atoms with Crippen molar-refractivity contribution in [3.05, 3.63) is 54.4 Å². The Kier molecular flexibility index (Phi) is 9.41. The summed E-state index contributed by atoms with van der Waals surface area (Å²) in [6, 6.07) is 8.13. The number of hydrogen-bond acceptors (Lipinski definition) is 7. The quantitative estimate of drug-likeness (QED) is 0.385. The Morgan fingerprint density at radius 1 is 1.16 bits per heavy atom. The van der Waals surface area contributed by atoms with Crippen molar-refractivity contribution >= 4 is 28.3 Å². The van der Waals surface area contributed by atoms with E-state index in [2.05, 4.69) is 4.98 Å². The predicted octanol–water partition coefficient (Wildman–Crippen LogP) is 2.13. The van der Waals surface area contributed by atoms with Crippen molar-refractivity contribution in [3.8, 4) is 5.75 Å². The summed E-state index contributed by atoms with van der Waals surface area (Å²) in [7, 11) is -2.63. The summed E-state index contributed by atoms with van der Waals surface area (Å²) in [5.74, 6) is -0.650. The second kappa shape index (κ2) is 11.6. The maximum Gasteiger partial charge on any atom is 0.262 e. The van der Waals surface area contributed by atoms with Crippen LogP contribution < -0.4 is 10.2 Å². The fourth-order valence-electron chi connectivity index (χ4n) is 3.95. The molecule has 0 aliphatic heterocycles. The van der Waals surface area contributed by atoms with Crippen LogP contribution in [0.4, 0.5) is 0 Å². The summed E-state index contributed by atoms with van der Waals surface area (Å²) < 4.78 is 33.6. The third-order valence-electron chi connectivity index (χ3n) is 5.63. The first kappa shape index (κ1) is 26.0. The standard InChI is InChI=1S/C21H27N3O6S.ClH/c1-30-18-6-8-19(9-7-18)31(28,29)24(14-15-10-12-22-13-11-15)20(21(26)23-27)16-2-4-17(25)5-3-16;/h6-13,16-17,20,25,27H,2-5,14H2,1H3,(H,23,26);1H/t16?,17?,20-;/m1./s1. The van der Waals surface area contributed by atoms with E-state index in [1.54, 1.807) is 30.0 Å². The second-order valence-electron chi connectivity index (χ2n) is 7.57. The number of amides is 1. The molecule has 0 unspecified atom stereocenters. The molecule has 3 rings (SSSR count). The Bertz CT molecular complexity index is 967. The number of pyridine rings is 1. The number of halogens is 1. The lowest BCUT2D eigenvalue weighted by molar-refractivity contribution is -0.136. The maximum atomic E-state index is 13.7. The van der Waals surface area contributed by atoms with Crippen LogP contribution >= 0.6 is 12.4 Å². The van der Waals surface area contributed by atoms with Gasteiger partial charge < -0.3 is 9.84 Å². The van der Waals surface area contributed by atoms with E-state index >= 15 is 0 Å². The Labute approximate surface area is 193 Å². The van der Waals surface area contributed by atoms with Crippen LogP contribution in [0.1, 0.15) is 31.2 Å². The average molecular weight is 486 g/mol. The monoisotopic (exact) mass is 485 g/mol. The lowest BCUT2D eigenvalue weighted by atomic mass is 9.82. The number of nitrogens with one attached hydrogen (secondary N) is 1. The van der Waals surface area contributed by atoms with Crippen molar-refractivity contribution in [3.63, 3.8) is 0 Å². The molecule has 1 heterocycles. The number of benzene rings is 1. The van der Waals surface area contributed by atoms with Gasteiger partial charge in [0.2, 0.25) is 10.0 Å². The molecule has 1 aliphatic rings. The van der Waals surface area contributed by atoms with Gasteiger partial charge in [0.05, 0.1) is 18.1 Å². The molecule has 0 radical (unpaired) electrons. The van der Waals surface area contributed by atoms with E-state index in [1.165, 1.54) is 31.4 Å². The fraction of sp³-hybridized carbons (Fsp3) is 0.429. The topological polar surface area (TPSA) is 129 Å². The van der Waals surface area contributed by atoms with E-state index in [0.717, 1.165) is 4.31 Å². The van der Waals surface area contributed by atoms with E-state index in [-0.39, 0.29) is 29.8 Å². The lowest BCUT2D eigenvalue weighted by Crippen LogP contribution is -2.53. The summed E-state index contributed by atoms with van der Waals surface area (Å²) >= 11 is 0. The van der Waals surface area contributed by atoms with Gasteiger partial charge >= 0.3 is 0 Å². The van der Waals surface area contributed by atoms with Crippen LogP contribution in [-0.2, 0) is 21.4 Å². The minimum Gasteiger partial charge on any atom is -0.497 e. The number of aliphatic hydroxyl groups is 1. The van der Waals surface area contributed by atoms with Crippen LogP contribution in [0.15, 0.2) is 53.7 Å². The molecule has 0 saturated heterocycles. The number of sulfonamides is 1. The first-order valence-corrected chi connectivity index (χ1v) is 11.5. The van der Waals surface area contributed by atoms with Gasteiger partial charge in [0.15, 0.2) is 0 Å². The molecule has 1 aliphatic carbocycles. The van der Waals surface area contributed by atoms with Gasteiger partial charge in [-0.05, 0) is 73.6 Å². The molecular formula is C21H28ClN3O6S. The number of aliphatic hydroxyl groups excluding tert-OH is 1. The molecule has 0 spiro atoms. The minimum absolute atomic E-state index is 0. The average Bonchev–Trinajstić information content (AvgIpc) is 2.80. The number of methoxy groups -OCH3 is 1. The van der Waals surface area contributed by atoms with Gasteiger partial charge in [-0.25, -0.2) is 13.9 Å². The van der Waals surface area contributed by atoms with Crippen LogP contribution in [0.3, 0.4) is 0 Å². The normalized spacial score (nSPS) is 19.6. The predicted molar refractivity (Wildman–Crippen MR) is 119 cm³/mol. The number of ether oxygens (including phenoxy) is 1. The molecule has 2 aromatic rings. The highest BCUT2D eigenvalue weighted by molar-refractivity contribution is 7.89. The number of carbonyl (C=O) groups is 1. The molecule has 32 heavy (non-hydrogen) atoms. The molecule has 176 valence electrons. The van der Waals surface area contributed by atoms with Crippen LogP contribution in [0, 0.1) is 5.92 Å². The highest BCUT2D eigenvalue weighted by atomic mass is 35.5. The van der Waals surface area contributed by atoms with Gasteiger partial charge in [-0.15, -0.1) is 12.4 Å². The number of hydrogen-bond donors (Lipinski definition) is 3. The van der Waals surface area contributed by atoms with Crippen LogP contribution in [0.25, 0.3) is 0 Å². The molecule has 1 atom stereocenters. The zero-order chi connectivity index (χ0) is 22.4. The Morgan fingerprint density at radius 3 is 2.28 bits per heavy atom. The van der Waals surface area contributed by atoms with Gasteiger partial charge in [-0.1, -0.05) is 0 Å². The maximum absolute atomic E-state index is 13.7.